The topological polar surface area (TPSA) is 41.1 Å². The quantitative estimate of drug-likeness (QED) is 0.823. The Morgan fingerprint density at radius 3 is 2.45 bits per heavy atom. The second kappa shape index (κ2) is 5.47. The fraction of sp³-hybridized carbons (Fsp3) is 0.588. The number of rotatable bonds is 6. The van der Waals surface area contributed by atoms with Gasteiger partial charge in [0.15, 0.2) is 0 Å². The minimum absolute atomic E-state index is 0.0701. The lowest BCUT2D eigenvalue weighted by molar-refractivity contribution is -0.115. The molecule has 0 unspecified atom stereocenters. The largest absolute Gasteiger partial charge is 0.381 e. The number of hydrogen-bond acceptors (Lipinski definition) is 2. The zero-order valence-corrected chi connectivity index (χ0v) is 12.4. The number of carbonyl (C=O) groups excluding carboxylic acids is 1. The van der Waals surface area contributed by atoms with E-state index in [1.807, 2.05) is 13.0 Å². The molecule has 108 valence electrons. The zero-order chi connectivity index (χ0) is 14.1. The van der Waals surface area contributed by atoms with Crippen LogP contribution < -0.4 is 10.6 Å². The first-order chi connectivity index (χ1) is 9.67. The molecular formula is C17H24N2O. The van der Waals surface area contributed by atoms with E-state index in [1.165, 1.54) is 36.9 Å². The molecule has 0 spiro atoms. The number of carbonyl (C=O) groups is 1. The molecule has 0 radical (unpaired) electrons. The van der Waals surface area contributed by atoms with Gasteiger partial charge in [0.1, 0.15) is 0 Å². The van der Waals surface area contributed by atoms with Crippen molar-refractivity contribution in [3.05, 3.63) is 23.8 Å². The third-order valence-electron chi connectivity index (χ3n) is 4.42. The average Bonchev–Trinajstić information content (AvgIpc) is 3.30. The van der Waals surface area contributed by atoms with Crippen molar-refractivity contribution in [3.8, 4) is 0 Å². The van der Waals surface area contributed by atoms with E-state index in [0.29, 0.717) is 12.5 Å². The molecule has 1 aromatic rings. The molecule has 2 aliphatic rings. The summed E-state index contributed by atoms with van der Waals surface area (Å²) in [5.74, 6) is 1.81. The summed E-state index contributed by atoms with van der Waals surface area (Å²) in [6, 6.07) is 6.80. The van der Waals surface area contributed by atoms with E-state index < -0.39 is 0 Å². The second-order valence-corrected chi connectivity index (χ2v) is 6.28. The summed E-state index contributed by atoms with van der Waals surface area (Å²) >= 11 is 0. The van der Waals surface area contributed by atoms with E-state index in [9.17, 15) is 4.79 Å². The van der Waals surface area contributed by atoms with E-state index in [4.69, 9.17) is 0 Å². The molecule has 3 rings (SSSR count). The molecule has 0 aliphatic heterocycles. The van der Waals surface area contributed by atoms with Gasteiger partial charge in [0.05, 0.1) is 0 Å². The lowest BCUT2D eigenvalue weighted by atomic mass is 10.1. The Kier molecular flexibility index (Phi) is 3.68. The average molecular weight is 272 g/mol. The van der Waals surface area contributed by atoms with Gasteiger partial charge in [-0.25, -0.2) is 0 Å². The minimum atomic E-state index is 0.0701. The molecule has 1 aromatic carbocycles. The maximum Gasteiger partial charge on any atom is 0.224 e. The Labute approximate surface area is 121 Å². The highest BCUT2D eigenvalue weighted by Gasteiger charge is 2.41. The van der Waals surface area contributed by atoms with E-state index in [0.717, 1.165) is 17.5 Å². The highest BCUT2D eigenvalue weighted by molar-refractivity contribution is 5.91. The van der Waals surface area contributed by atoms with Crippen LogP contribution in [-0.4, -0.2) is 11.9 Å². The predicted octanol–water partition coefficient (Wildman–Crippen LogP) is 3.94. The van der Waals surface area contributed by atoms with Gasteiger partial charge in [0, 0.05) is 23.8 Å². The molecule has 2 aliphatic carbocycles. The Morgan fingerprint density at radius 2 is 1.90 bits per heavy atom. The standard InChI is InChI=1S/C17H24N2O/c1-3-16(20)18-14-9-4-11(2)15(10-14)19-17(12-5-6-12)13-7-8-13/h4,9-10,12-13,17,19H,3,5-8H2,1-2H3,(H,18,20). The minimum Gasteiger partial charge on any atom is -0.381 e. The van der Waals surface area contributed by atoms with Crippen LogP contribution in [0.1, 0.15) is 44.6 Å². The maximum absolute atomic E-state index is 11.5. The monoisotopic (exact) mass is 272 g/mol. The second-order valence-electron chi connectivity index (χ2n) is 6.28. The molecule has 0 heterocycles. The van der Waals surface area contributed by atoms with Gasteiger partial charge in [-0.3, -0.25) is 4.79 Å². The number of aryl methyl sites for hydroxylation is 1. The Bertz CT molecular complexity index is 492. The first-order valence-electron chi connectivity index (χ1n) is 7.84. The summed E-state index contributed by atoms with van der Waals surface area (Å²) in [6.07, 6.45) is 6.02. The first-order valence-corrected chi connectivity index (χ1v) is 7.84. The highest BCUT2D eigenvalue weighted by Crippen LogP contribution is 2.46. The zero-order valence-electron chi connectivity index (χ0n) is 12.4. The molecule has 0 saturated heterocycles. The predicted molar refractivity (Wildman–Crippen MR) is 83.0 cm³/mol. The first kappa shape index (κ1) is 13.5. The van der Waals surface area contributed by atoms with E-state index in [-0.39, 0.29) is 5.91 Å². The fourth-order valence-electron chi connectivity index (χ4n) is 2.82. The van der Waals surface area contributed by atoms with E-state index in [1.54, 1.807) is 0 Å². The van der Waals surface area contributed by atoms with Crippen molar-refractivity contribution >= 4 is 17.3 Å². The molecule has 0 atom stereocenters. The maximum atomic E-state index is 11.5. The number of nitrogens with one attached hydrogen (secondary N) is 2. The summed E-state index contributed by atoms with van der Waals surface area (Å²) in [6.45, 7) is 4.00. The van der Waals surface area contributed by atoms with Gasteiger partial charge in [0.25, 0.3) is 0 Å². The summed E-state index contributed by atoms with van der Waals surface area (Å²) in [5.41, 5.74) is 3.34. The van der Waals surface area contributed by atoms with Crippen molar-refractivity contribution in [2.75, 3.05) is 10.6 Å². The molecule has 1 amide bonds. The van der Waals surface area contributed by atoms with Crippen LogP contribution in [0.5, 0.6) is 0 Å². The molecular weight excluding hydrogens is 248 g/mol. The summed E-state index contributed by atoms with van der Waals surface area (Å²) in [5, 5.41) is 6.69. The van der Waals surface area contributed by atoms with Crippen LogP contribution in [-0.2, 0) is 4.79 Å². The third-order valence-corrected chi connectivity index (χ3v) is 4.42. The smallest absolute Gasteiger partial charge is 0.224 e. The molecule has 2 N–H and O–H groups in total. The van der Waals surface area contributed by atoms with Gasteiger partial charge in [0.2, 0.25) is 5.91 Å². The lowest BCUT2D eigenvalue weighted by Crippen LogP contribution is -2.24. The molecule has 3 heteroatoms. The van der Waals surface area contributed by atoms with Gasteiger partial charge >= 0.3 is 0 Å². The number of hydrogen-bond donors (Lipinski definition) is 2. The number of amides is 1. The SMILES string of the molecule is CCC(=O)Nc1ccc(C)c(NC(C2CC2)C2CC2)c1. The van der Waals surface area contributed by atoms with Crippen LogP contribution in [0, 0.1) is 18.8 Å². The van der Waals surface area contributed by atoms with Gasteiger partial charge in [-0.2, -0.15) is 0 Å². The molecule has 3 nitrogen and oxygen atoms in total. The van der Waals surface area contributed by atoms with Crippen molar-refractivity contribution in [1.82, 2.24) is 0 Å². The van der Waals surface area contributed by atoms with Crippen LogP contribution in [0.15, 0.2) is 18.2 Å². The molecule has 0 aromatic heterocycles. The summed E-state index contributed by atoms with van der Waals surface area (Å²) in [4.78, 5) is 11.5. The van der Waals surface area contributed by atoms with Gasteiger partial charge < -0.3 is 10.6 Å². The van der Waals surface area contributed by atoms with E-state index in [2.05, 4.69) is 29.7 Å². The summed E-state index contributed by atoms with van der Waals surface area (Å²) < 4.78 is 0. The third kappa shape index (κ3) is 3.14. The van der Waals surface area contributed by atoms with Crippen molar-refractivity contribution in [2.24, 2.45) is 11.8 Å². The van der Waals surface area contributed by atoms with Crippen molar-refractivity contribution in [2.45, 2.75) is 52.0 Å². The highest BCUT2D eigenvalue weighted by atomic mass is 16.1. The lowest BCUT2D eigenvalue weighted by Gasteiger charge is -2.21. The van der Waals surface area contributed by atoms with Crippen molar-refractivity contribution in [3.63, 3.8) is 0 Å². The van der Waals surface area contributed by atoms with Crippen LogP contribution in [0.3, 0.4) is 0 Å². The molecule has 2 fully saturated rings. The van der Waals surface area contributed by atoms with Gasteiger partial charge in [-0.15, -0.1) is 0 Å². The van der Waals surface area contributed by atoms with Gasteiger partial charge in [-0.1, -0.05) is 13.0 Å². The molecule has 2 saturated carbocycles. The van der Waals surface area contributed by atoms with Crippen LogP contribution in [0.4, 0.5) is 11.4 Å². The molecule has 0 bridgehead atoms. The van der Waals surface area contributed by atoms with E-state index >= 15 is 0 Å². The normalized spacial score (nSPS) is 18.1. The number of anilines is 2. The van der Waals surface area contributed by atoms with Gasteiger partial charge in [-0.05, 0) is 62.1 Å². The molecule has 20 heavy (non-hydrogen) atoms. The van der Waals surface area contributed by atoms with Crippen LogP contribution in [0.25, 0.3) is 0 Å². The number of benzene rings is 1. The Hall–Kier alpha value is -1.51. The Morgan fingerprint density at radius 1 is 1.25 bits per heavy atom. The van der Waals surface area contributed by atoms with Crippen molar-refractivity contribution in [1.29, 1.82) is 0 Å². The fourth-order valence-corrected chi connectivity index (χ4v) is 2.82. The van der Waals surface area contributed by atoms with Crippen LogP contribution in [0.2, 0.25) is 0 Å². The summed E-state index contributed by atoms with van der Waals surface area (Å²) in [7, 11) is 0. The van der Waals surface area contributed by atoms with Crippen molar-refractivity contribution < 1.29 is 4.79 Å². The van der Waals surface area contributed by atoms with Crippen LogP contribution >= 0.6 is 0 Å². The Balaban J connectivity index is 1.73.